The van der Waals surface area contributed by atoms with Crippen molar-refractivity contribution in [2.45, 2.75) is 38.8 Å². The molecule has 0 spiro atoms. The molecule has 0 saturated carbocycles. The monoisotopic (exact) mass is 332 g/mol. The molecule has 2 aromatic rings. The summed E-state index contributed by atoms with van der Waals surface area (Å²) in [5.41, 5.74) is 8.33. The summed E-state index contributed by atoms with van der Waals surface area (Å²) in [6.45, 7) is 5.97. The van der Waals surface area contributed by atoms with Crippen LogP contribution in [0.4, 0.5) is 0 Å². The Morgan fingerprint density at radius 2 is 1.70 bits per heavy atom. The summed E-state index contributed by atoms with van der Waals surface area (Å²) in [6.07, 6.45) is 0.569. The number of halogens is 1. The third kappa shape index (κ3) is 5.08. The van der Waals surface area contributed by atoms with E-state index < -0.39 is 5.54 Å². The number of hydrogen-bond acceptors (Lipinski definition) is 2. The van der Waals surface area contributed by atoms with Gasteiger partial charge in [0.15, 0.2) is 0 Å². The van der Waals surface area contributed by atoms with Crippen molar-refractivity contribution >= 4 is 18.3 Å². The summed E-state index contributed by atoms with van der Waals surface area (Å²) in [6, 6.07) is 18.3. The van der Waals surface area contributed by atoms with Gasteiger partial charge in [0, 0.05) is 6.04 Å². The molecule has 23 heavy (non-hydrogen) atoms. The molecule has 0 aliphatic heterocycles. The van der Waals surface area contributed by atoms with Gasteiger partial charge in [0.05, 0.1) is 5.54 Å². The molecule has 2 aromatic carbocycles. The van der Waals surface area contributed by atoms with E-state index in [1.165, 1.54) is 5.56 Å². The number of amides is 1. The number of rotatable bonds is 6. The predicted octanol–water partition coefficient (Wildman–Crippen LogP) is 3.55. The number of aryl methyl sites for hydroxylation is 1. The molecular formula is C19H25ClN2O. The van der Waals surface area contributed by atoms with Crippen molar-refractivity contribution in [3.63, 3.8) is 0 Å². The van der Waals surface area contributed by atoms with Crippen LogP contribution in [0.5, 0.6) is 0 Å². The number of primary amides is 1. The first-order chi connectivity index (χ1) is 10.4. The molecule has 0 aliphatic carbocycles. The second-order valence-electron chi connectivity index (χ2n) is 6.14. The van der Waals surface area contributed by atoms with E-state index in [0.717, 1.165) is 11.1 Å². The van der Waals surface area contributed by atoms with E-state index in [0.29, 0.717) is 6.42 Å². The maximum absolute atomic E-state index is 12.0. The molecule has 2 unspecified atom stereocenters. The second-order valence-corrected chi connectivity index (χ2v) is 6.14. The molecular weight excluding hydrogens is 308 g/mol. The number of carbonyl (C=O) groups excluding carboxylic acids is 1. The minimum absolute atomic E-state index is 0. The summed E-state index contributed by atoms with van der Waals surface area (Å²) >= 11 is 0. The molecule has 1 amide bonds. The average Bonchev–Trinajstić information content (AvgIpc) is 2.50. The fraction of sp³-hybridized carbons (Fsp3) is 0.316. The fourth-order valence-corrected chi connectivity index (χ4v) is 2.63. The van der Waals surface area contributed by atoms with E-state index in [4.69, 9.17) is 5.73 Å². The molecule has 2 rings (SSSR count). The van der Waals surface area contributed by atoms with Crippen LogP contribution in [0.25, 0.3) is 0 Å². The van der Waals surface area contributed by atoms with Crippen LogP contribution >= 0.6 is 12.4 Å². The van der Waals surface area contributed by atoms with E-state index >= 15 is 0 Å². The van der Waals surface area contributed by atoms with Crippen molar-refractivity contribution < 1.29 is 4.79 Å². The third-order valence-corrected chi connectivity index (χ3v) is 4.06. The van der Waals surface area contributed by atoms with Gasteiger partial charge in [-0.3, -0.25) is 10.1 Å². The van der Waals surface area contributed by atoms with Gasteiger partial charge >= 0.3 is 0 Å². The lowest BCUT2D eigenvalue weighted by molar-refractivity contribution is -0.124. The van der Waals surface area contributed by atoms with Gasteiger partial charge in [-0.1, -0.05) is 60.2 Å². The maximum atomic E-state index is 12.0. The number of benzene rings is 2. The molecule has 124 valence electrons. The smallest absolute Gasteiger partial charge is 0.237 e. The Morgan fingerprint density at radius 3 is 2.22 bits per heavy atom. The number of hydrogen-bond donors (Lipinski definition) is 2. The van der Waals surface area contributed by atoms with Crippen molar-refractivity contribution in [2.75, 3.05) is 0 Å². The van der Waals surface area contributed by atoms with Gasteiger partial charge in [0.1, 0.15) is 0 Å². The lowest BCUT2D eigenvalue weighted by atomic mass is 9.90. The van der Waals surface area contributed by atoms with E-state index in [1.807, 2.05) is 63.2 Å². The highest BCUT2D eigenvalue weighted by Crippen LogP contribution is 2.20. The van der Waals surface area contributed by atoms with Crippen molar-refractivity contribution in [2.24, 2.45) is 5.73 Å². The zero-order valence-corrected chi connectivity index (χ0v) is 14.7. The molecule has 0 saturated heterocycles. The zero-order valence-electron chi connectivity index (χ0n) is 13.9. The topological polar surface area (TPSA) is 55.1 Å². The minimum atomic E-state index is -0.787. The molecule has 0 fully saturated rings. The minimum Gasteiger partial charge on any atom is -0.368 e. The fourth-order valence-electron chi connectivity index (χ4n) is 2.63. The Labute approximate surface area is 144 Å². The van der Waals surface area contributed by atoms with E-state index in [1.54, 1.807) is 0 Å². The quantitative estimate of drug-likeness (QED) is 0.850. The Hall–Kier alpha value is -1.84. The molecule has 4 heteroatoms. The molecule has 0 aromatic heterocycles. The molecule has 3 nitrogen and oxygen atoms in total. The highest BCUT2D eigenvalue weighted by atomic mass is 35.5. The molecule has 0 aliphatic rings. The number of nitrogens with one attached hydrogen (secondary N) is 1. The second kappa shape index (κ2) is 8.14. The Morgan fingerprint density at radius 1 is 1.13 bits per heavy atom. The van der Waals surface area contributed by atoms with Crippen molar-refractivity contribution in [3.8, 4) is 0 Å². The third-order valence-electron chi connectivity index (χ3n) is 4.06. The normalized spacial score (nSPS) is 14.4. The van der Waals surface area contributed by atoms with Crippen LogP contribution in [0.3, 0.4) is 0 Å². The van der Waals surface area contributed by atoms with Gasteiger partial charge in [0.25, 0.3) is 0 Å². The maximum Gasteiger partial charge on any atom is 0.237 e. The van der Waals surface area contributed by atoms with Crippen LogP contribution in [0.2, 0.25) is 0 Å². The molecule has 2 atom stereocenters. The SMILES string of the molecule is Cc1ccc(CC(C)(NC(C)c2ccccc2)C(N)=O)cc1.Cl. The van der Waals surface area contributed by atoms with E-state index in [9.17, 15) is 4.79 Å². The van der Waals surface area contributed by atoms with Gasteiger partial charge in [-0.2, -0.15) is 0 Å². The summed E-state index contributed by atoms with van der Waals surface area (Å²) < 4.78 is 0. The lowest BCUT2D eigenvalue weighted by Gasteiger charge is -2.31. The summed E-state index contributed by atoms with van der Waals surface area (Å²) in [7, 11) is 0. The molecule has 3 N–H and O–H groups in total. The van der Waals surface area contributed by atoms with Gasteiger partial charge in [-0.05, 0) is 38.3 Å². The van der Waals surface area contributed by atoms with Gasteiger partial charge in [0.2, 0.25) is 5.91 Å². The number of carbonyl (C=O) groups is 1. The first-order valence-electron chi connectivity index (χ1n) is 7.59. The standard InChI is InChI=1S/C19H24N2O.ClH/c1-14-9-11-16(12-10-14)13-19(3,18(20)22)21-15(2)17-7-5-4-6-8-17;/h4-12,15,21H,13H2,1-3H3,(H2,20,22);1H. The van der Waals surface area contributed by atoms with Crippen LogP contribution < -0.4 is 11.1 Å². The highest BCUT2D eigenvalue weighted by molar-refractivity contribution is 5.85. The highest BCUT2D eigenvalue weighted by Gasteiger charge is 2.32. The molecule has 0 radical (unpaired) electrons. The largest absolute Gasteiger partial charge is 0.368 e. The summed E-state index contributed by atoms with van der Waals surface area (Å²) in [4.78, 5) is 12.0. The van der Waals surface area contributed by atoms with E-state index in [-0.39, 0.29) is 24.4 Å². The van der Waals surface area contributed by atoms with Gasteiger partial charge < -0.3 is 5.73 Å². The Balaban J connectivity index is 0.00000264. The Bertz CT molecular complexity index is 628. The zero-order chi connectivity index (χ0) is 16.2. The average molecular weight is 333 g/mol. The predicted molar refractivity (Wildman–Crippen MR) is 97.7 cm³/mol. The van der Waals surface area contributed by atoms with Gasteiger partial charge in [-0.25, -0.2) is 0 Å². The van der Waals surface area contributed by atoms with Crippen molar-refractivity contribution in [3.05, 3.63) is 71.3 Å². The lowest BCUT2D eigenvalue weighted by Crippen LogP contribution is -2.55. The van der Waals surface area contributed by atoms with Crippen LogP contribution in [0, 0.1) is 6.92 Å². The van der Waals surface area contributed by atoms with Crippen LogP contribution in [-0.2, 0) is 11.2 Å². The van der Waals surface area contributed by atoms with E-state index in [2.05, 4.69) is 17.4 Å². The summed E-state index contributed by atoms with van der Waals surface area (Å²) in [5, 5.41) is 3.40. The summed E-state index contributed by atoms with van der Waals surface area (Å²) in [5.74, 6) is -0.337. The van der Waals surface area contributed by atoms with Crippen molar-refractivity contribution in [1.82, 2.24) is 5.32 Å². The molecule has 0 heterocycles. The van der Waals surface area contributed by atoms with Crippen molar-refractivity contribution in [1.29, 1.82) is 0 Å². The Kier molecular flexibility index (Phi) is 6.79. The first kappa shape index (κ1) is 19.2. The van der Waals surface area contributed by atoms with Crippen LogP contribution in [-0.4, -0.2) is 11.4 Å². The molecule has 0 bridgehead atoms. The number of nitrogens with two attached hydrogens (primary N) is 1. The van der Waals surface area contributed by atoms with Gasteiger partial charge in [-0.15, -0.1) is 12.4 Å². The van der Waals surface area contributed by atoms with Crippen LogP contribution in [0.15, 0.2) is 54.6 Å². The van der Waals surface area contributed by atoms with Crippen LogP contribution in [0.1, 0.15) is 36.6 Å². The first-order valence-corrected chi connectivity index (χ1v) is 7.59.